The molecular weight excluding hydrogens is 1560 g/mol. The second kappa shape index (κ2) is 36.0. The summed E-state index contributed by atoms with van der Waals surface area (Å²) in [6.45, 7) is 4.61. The van der Waals surface area contributed by atoms with Crippen LogP contribution in [0.3, 0.4) is 0 Å². The highest BCUT2D eigenvalue weighted by Crippen LogP contribution is 2.55. The van der Waals surface area contributed by atoms with Gasteiger partial charge in [0.15, 0.2) is 0 Å². The molecule has 0 radical (unpaired) electrons. The molecule has 23 rings (SSSR count). The number of unbranched alkanes of at least 4 members (excludes halogenated alkanes) is 2. The molecule has 3 heterocycles. The van der Waals surface area contributed by atoms with Crippen LogP contribution in [-0.4, -0.2) is 18.1 Å². The Labute approximate surface area is 724 Å². The molecule has 0 bridgehead atoms. The van der Waals surface area contributed by atoms with Crippen molar-refractivity contribution in [2.24, 2.45) is 0 Å². The Hall–Kier alpha value is -10.6. The number of nitrogens with zero attached hydrogens (tertiary/aromatic N) is 3. The third-order valence-corrected chi connectivity index (χ3v) is 32.8. The van der Waals surface area contributed by atoms with E-state index in [9.17, 15) is 0 Å². The van der Waals surface area contributed by atoms with Gasteiger partial charge in [-0.2, -0.15) is 14.0 Å². The zero-order valence-electron chi connectivity index (χ0n) is 71.0. The van der Waals surface area contributed by atoms with Crippen molar-refractivity contribution in [3.05, 3.63) is 325 Å². The molecule has 5 aliphatic rings. The highest BCUT2D eigenvalue weighted by atomic mass is 31.1. The number of rotatable bonds is 15. The van der Waals surface area contributed by atoms with Crippen LogP contribution in [0.2, 0.25) is 0 Å². The lowest BCUT2D eigenvalue weighted by molar-refractivity contribution is 0.408. The van der Waals surface area contributed by atoms with Gasteiger partial charge in [-0.15, -0.1) is 0 Å². The summed E-state index contributed by atoms with van der Waals surface area (Å²) in [6, 6.07) is 108. The highest BCUT2D eigenvalue weighted by molar-refractivity contribution is 7.39. The van der Waals surface area contributed by atoms with Gasteiger partial charge in [0.2, 0.25) is 0 Å². The van der Waals surface area contributed by atoms with Gasteiger partial charge in [0.1, 0.15) is 33.5 Å². The molecule has 620 valence electrons. The molecule has 2 saturated carbocycles. The molecule has 15 aromatic carbocycles. The summed E-state index contributed by atoms with van der Waals surface area (Å²) < 4.78 is 51.1. The Bertz CT molecular complexity index is 6750. The van der Waals surface area contributed by atoms with E-state index in [2.05, 4.69) is 319 Å². The van der Waals surface area contributed by atoms with E-state index >= 15 is 0 Å². The van der Waals surface area contributed by atoms with Crippen LogP contribution < -0.4 is 14.0 Å². The quantitative estimate of drug-likeness (QED) is 0.0931. The van der Waals surface area contributed by atoms with Crippen LogP contribution in [0.25, 0.3) is 130 Å². The molecule has 18 aromatic rings. The maximum atomic E-state index is 7.20. The van der Waals surface area contributed by atoms with Crippen molar-refractivity contribution < 1.29 is 25.2 Å². The Morgan fingerprint density at radius 2 is 0.504 bits per heavy atom. The van der Waals surface area contributed by atoms with Gasteiger partial charge in [-0.1, -0.05) is 352 Å². The summed E-state index contributed by atoms with van der Waals surface area (Å²) in [5.41, 5.74) is 14.4. The van der Waals surface area contributed by atoms with E-state index in [0.717, 1.165) is 117 Å². The SMILES string of the molecule is CCCCC(CCCC)N([C@@H]1CCc2ccccc21)p1oc2ccc3ccccc3c2c2c(ccc3ccccc32)o1.c1ccc2c(c1)CC[C@H]2N(C1CCCCCC1)p1oc2ccc3ccccc3c2c2c(ccc3ccccc32)o1.c1ccc2c(c1)CC[C@H]2N(C1CCCCCCC1)p1oc2ccc3ccccc3c2c2c(ccc3ccccc32)o1. The molecule has 12 heteroatoms. The average molecular weight is 1680 g/mol. The topological polar surface area (TPSA) is 88.6 Å². The van der Waals surface area contributed by atoms with Crippen LogP contribution >= 0.6 is 24.5 Å². The summed E-state index contributed by atoms with van der Waals surface area (Å²) in [5.74, 6) is 0. The number of aryl methyl sites for hydroxylation is 3. The number of benzene rings is 15. The Morgan fingerprint density at radius 1 is 0.260 bits per heavy atom. The first-order valence-corrected chi connectivity index (χ1v) is 49.5. The largest absolute Gasteiger partial charge is 0.408 e. The summed E-state index contributed by atoms with van der Waals surface area (Å²) in [6.07, 6.45) is 30.5. The smallest absolute Gasteiger partial charge is 0.310 e. The fourth-order valence-corrected chi connectivity index (χ4v) is 27.3. The first kappa shape index (κ1) is 79.6. The zero-order valence-corrected chi connectivity index (χ0v) is 73.7. The second-order valence-electron chi connectivity index (χ2n) is 35.2. The van der Waals surface area contributed by atoms with Gasteiger partial charge in [-0.05, 0) is 211 Å². The number of hydrogen-bond donors (Lipinski definition) is 0. The third kappa shape index (κ3) is 15.6. The van der Waals surface area contributed by atoms with Crippen molar-refractivity contribution in [3.8, 4) is 0 Å². The summed E-state index contributed by atoms with van der Waals surface area (Å²) in [5, 5.41) is 21.5. The lowest BCUT2D eigenvalue weighted by Crippen LogP contribution is -2.36. The molecule has 5 aliphatic carbocycles. The van der Waals surface area contributed by atoms with Gasteiger partial charge in [-0.25, -0.2) is 0 Å². The van der Waals surface area contributed by atoms with Gasteiger partial charge in [0.25, 0.3) is 0 Å². The van der Waals surface area contributed by atoms with Crippen molar-refractivity contribution in [2.45, 2.75) is 211 Å². The molecule has 3 atom stereocenters. The Kier molecular flexibility index (Phi) is 23.3. The minimum atomic E-state index is -1.42. The predicted molar refractivity (Wildman–Crippen MR) is 522 cm³/mol. The normalized spacial score (nSPS) is 17.1. The van der Waals surface area contributed by atoms with E-state index in [1.807, 2.05) is 0 Å². The molecule has 9 nitrogen and oxygen atoms in total. The number of fused-ring (bicyclic) bond motifs is 24. The summed E-state index contributed by atoms with van der Waals surface area (Å²) in [4.78, 5) is 0. The van der Waals surface area contributed by atoms with Crippen molar-refractivity contribution in [1.29, 1.82) is 0 Å². The van der Waals surface area contributed by atoms with Gasteiger partial charge in [0.05, 0.1) is 0 Å². The molecule has 3 aromatic heterocycles. The van der Waals surface area contributed by atoms with E-state index in [-0.39, 0.29) is 6.04 Å². The van der Waals surface area contributed by atoms with Crippen LogP contribution in [-0.2, 0) is 19.3 Å². The Balaban J connectivity index is 0.000000113. The van der Waals surface area contributed by atoms with E-state index < -0.39 is 24.5 Å². The lowest BCUT2D eigenvalue weighted by atomic mass is 9.95. The molecular formula is C111H110N3O6P3. The molecule has 123 heavy (non-hydrogen) atoms. The van der Waals surface area contributed by atoms with Crippen LogP contribution in [0.5, 0.6) is 0 Å². The molecule has 0 unspecified atom stereocenters. The average Bonchev–Trinajstić information content (AvgIpc) is 1.70. The van der Waals surface area contributed by atoms with Crippen LogP contribution in [0.1, 0.15) is 207 Å². The molecule has 0 aliphatic heterocycles. The standard InChI is InChI=1S/C38H40NO2P.C37H36NO2P.C36H34NO2P/c1-3-5-16-30(17-6-4-2)39(34-24-21-27-13-7-10-18-31(27)34)42-40-35-25-22-28-14-8-11-19-32(28)37(35)38-33-20-12-9-15-29(33)23-26-36(38)41-42;1-2-4-15-29(16-5-3-1)38(33-23-20-26-12-6-9-17-30(26)33)41-39-34-24-21-27-13-7-10-18-31(27)36(34)37-32-19-11-8-14-28(32)22-25-35(37)40-41;1-2-4-15-28(14-3-1)37(32-22-19-25-11-5-8-16-29(25)32)40-38-33-23-20-26-12-6-9-17-30(26)35(33)36-31-18-10-7-13-27(31)21-24-34(36)39-40/h7-15,18-20,22-23,25-26,30,34H,3-6,16-17,21,24H2,1-2H3;6-14,17-19,21-22,24-25,29,33H,1-5,15-16,20,23H2;5-13,16-18,20-21,23-24,28,32H,1-4,14-15,19,22H2/t34-;33-;32-/m111/s1. The second-order valence-corrected chi connectivity index (χ2v) is 39.1. The van der Waals surface area contributed by atoms with Crippen LogP contribution in [0.15, 0.2) is 316 Å². The van der Waals surface area contributed by atoms with E-state index in [1.54, 1.807) is 0 Å². The third-order valence-electron chi connectivity index (χ3n) is 27.8. The van der Waals surface area contributed by atoms with Crippen molar-refractivity contribution in [3.63, 3.8) is 0 Å². The van der Waals surface area contributed by atoms with Gasteiger partial charge >= 0.3 is 24.5 Å². The molecule has 2 fully saturated rings. The fraction of sp³-hybridized carbons (Fsp3) is 0.297. The maximum absolute atomic E-state index is 7.20. The zero-order chi connectivity index (χ0) is 82.1. The Morgan fingerprint density at radius 3 is 0.797 bits per heavy atom. The van der Waals surface area contributed by atoms with E-state index in [0.29, 0.717) is 30.2 Å². The van der Waals surface area contributed by atoms with Gasteiger partial charge in [0, 0.05) is 68.6 Å². The highest BCUT2D eigenvalue weighted by Gasteiger charge is 2.41. The predicted octanol–water partition coefficient (Wildman–Crippen LogP) is 34.3. The minimum absolute atomic E-state index is 0.289. The van der Waals surface area contributed by atoms with Crippen molar-refractivity contribution >= 4 is 155 Å². The summed E-state index contributed by atoms with van der Waals surface area (Å²) in [7, 11) is -4.19. The maximum Gasteiger partial charge on any atom is 0.310 e. The molecule has 0 saturated heterocycles. The van der Waals surface area contributed by atoms with E-state index in [1.165, 1.54) is 207 Å². The van der Waals surface area contributed by atoms with Crippen LogP contribution in [0.4, 0.5) is 0 Å². The fourth-order valence-electron chi connectivity index (χ4n) is 21.8. The minimum Gasteiger partial charge on any atom is -0.408 e. The summed E-state index contributed by atoms with van der Waals surface area (Å²) >= 11 is 0. The van der Waals surface area contributed by atoms with Crippen molar-refractivity contribution in [2.75, 3.05) is 14.0 Å². The lowest BCUT2D eigenvalue weighted by Gasteiger charge is -2.34. The number of hydrogen-bond acceptors (Lipinski definition) is 9. The van der Waals surface area contributed by atoms with Gasteiger partial charge < -0.3 is 25.2 Å². The van der Waals surface area contributed by atoms with Gasteiger partial charge in [-0.3, -0.25) is 0 Å². The van der Waals surface area contributed by atoms with Crippen molar-refractivity contribution in [1.82, 2.24) is 0 Å². The molecule has 0 N–H and O–H groups in total. The molecule has 0 amide bonds. The monoisotopic (exact) mass is 1670 g/mol. The first-order valence-electron chi connectivity index (χ1n) is 46.1. The van der Waals surface area contributed by atoms with Crippen LogP contribution in [0, 0.1) is 0 Å². The first-order chi connectivity index (χ1) is 61.0. The van der Waals surface area contributed by atoms with E-state index in [4.69, 9.17) is 25.2 Å². The molecule has 0 spiro atoms.